The molecule has 0 atom stereocenters. The predicted molar refractivity (Wildman–Crippen MR) is 69.1 cm³/mol. The van der Waals surface area contributed by atoms with Crippen LogP contribution in [-0.4, -0.2) is 23.5 Å². The summed E-state index contributed by atoms with van der Waals surface area (Å²) in [6.07, 6.45) is 0.561. The Morgan fingerprint density at radius 1 is 1.16 bits per heavy atom. The summed E-state index contributed by atoms with van der Waals surface area (Å²) in [7, 11) is 0. The Hall–Kier alpha value is -2.17. The summed E-state index contributed by atoms with van der Waals surface area (Å²) in [5, 5.41) is 11.4. The van der Waals surface area contributed by atoms with Gasteiger partial charge in [-0.2, -0.15) is 0 Å². The molecule has 0 aromatic heterocycles. The van der Waals surface area contributed by atoms with Gasteiger partial charge in [0.25, 0.3) is 0 Å². The van der Waals surface area contributed by atoms with Gasteiger partial charge in [0, 0.05) is 17.7 Å². The molecule has 102 valence electrons. The van der Waals surface area contributed by atoms with Gasteiger partial charge in [-0.25, -0.2) is 9.18 Å². The van der Waals surface area contributed by atoms with Gasteiger partial charge < -0.3 is 10.4 Å². The smallest absolute Gasteiger partial charge is 0.331 e. The van der Waals surface area contributed by atoms with Crippen molar-refractivity contribution in [2.75, 3.05) is 6.54 Å². The van der Waals surface area contributed by atoms with Crippen molar-refractivity contribution >= 4 is 11.9 Å². The number of carboxylic acids is 1. The number of aliphatic carboxylic acids is 1. The molecule has 1 amide bonds. The molecule has 2 N–H and O–H groups in total. The first-order chi connectivity index (χ1) is 8.91. The van der Waals surface area contributed by atoms with Gasteiger partial charge >= 0.3 is 5.97 Å². The SMILES string of the molecule is C/C(C(=O)O)=C(\C)C(=O)NCCc1ccc(F)cc1. The number of hydrogen-bond donors (Lipinski definition) is 2. The maximum absolute atomic E-state index is 12.7. The van der Waals surface area contributed by atoms with Crippen LogP contribution in [-0.2, 0) is 16.0 Å². The molecule has 0 aliphatic carbocycles. The molecule has 5 heteroatoms. The van der Waals surface area contributed by atoms with Gasteiger partial charge in [0.05, 0.1) is 0 Å². The highest BCUT2D eigenvalue weighted by Crippen LogP contribution is 2.05. The lowest BCUT2D eigenvalue weighted by atomic mass is 10.1. The number of carbonyl (C=O) groups excluding carboxylic acids is 1. The van der Waals surface area contributed by atoms with Crippen LogP contribution in [0.2, 0.25) is 0 Å². The zero-order valence-electron chi connectivity index (χ0n) is 10.9. The number of hydrogen-bond acceptors (Lipinski definition) is 2. The number of benzene rings is 1. The van der Waals surface area contributed by atoms with E-state index in [1.807, 2.05) is 0 Å². The third-order valence-electron chi connectivity index (χ3n) is 2.84. The highest BCUT2D eigenvalue weighted by molar-refractivity contribution is 6.01. The fourth-order valence-electron chi connectivity index (χ4n) is 1.43. The Labute approximate surface area is 110 Å². The van der Waals surface area contributed by atoms with E-state index in [1.165, 1.54) is 26.0 Å². The fourth-order valence-corrected chi connectivity index (χ4v) is 1.43. The molecular weight excluding hydrogens is 249 g/mol. The molecule has 1 aromatic carbocycles. The van der Waals surface area contributed by atoms with Crippen LogP contribution in [0.15, 0.2) is 35.4 Å². The van der Waals surface area contributed by atoms with E-state index in [-0.39, 0.29) is 17.0 Å². The van der Waals surface area contributed by atoms with E-state index >= 15 is 0 Å². The first-order valence-electron chi connectivity index (χ1n) is 5.85. The topological polar surface area (TPSA) is 66.4 Å². The van der Waals surface area contributed by atoms with Crippen LogP contribution >= 0.6 is 0 Å². The van der Waals surface area contributed by atoms with Crippen molar-refractivity contribution in [1.82, 2.24) is 5.32 Å². The second-order valence-electron chi connectivity index (χ2n) is 4.19. The molecule has 0 bridgehead atoms. The Balaban J connectivity index is 2.49. The number of halogens is 1. The maximum Gasteiger partial charge on any atom is 0.331 e. The van der Waals surface area contributed by atoms with Crippen molar-refractivity contribution in [2.45, 2.75) is 20.3 Å². The maximum atomic E-state index is 12.7. The van der Waals surface area contributed by atoms with Crippen molar-refractivity contribution < 1.29 is 19.1 Å². The van der Waals surface area contributed by atoms with Crippen LogP contribution in [0.1, 0.15) is 19.4 Å². The highest BCUT2D eigenvalue weighted by Gasteiger charge is 2.11. The third kappa shape index (κ3) is 4.54. The molecule has 0 spiro atoms. The number of carbonyl (C=O) groups is 2. The first-order valence-corrected chi connectivity index (χ1v) is 5.85. The Morgan fingerprint density at radius 2 is 1.74 bits per heavy atom. The molecule has 0 aliphatic rings. The molecule has 0 fully saturated rings. The number of amides is 1. The molecule has 0 unspecified atom stereocenters. The monoisotopic (exact) mass is 265 g/mol. The van der Waals surface area contributed by atoms with E-state index in [0.717, 1.165) is 5.56 Å². The van der Waals surface area contributed by atoms with E-state index in [0.29, 0.717) is 13.0 Å². The summed E-state index contributed by atoms with van der Waals surface area (Å²) in [5.74, 6) is -1.81. The molecule has 4 nitrogen and oxygen atoms in total. The molecule has 1 rings (SSSR count). The van der Waals surface area contributed by atoms with Crippen molar-refractivity contribution in [1.29, 1.82) is 0 Å². The van der Waals surface area contributed by atoms with Gasteiger partial charge in [0.15, 0.2) is 0 Å². The predicted octanol–water partition coefficient (Wildman–Crippen LogP) is 1.91. The van der Waals surface area contributed by atoms with Gasteiger partial charge in [0.1, 0.15) is 5.82 Å². The molecule has 1 aromatic rings. The Kier molecular flexibility index (Phi) is 5.23. The molecule has 19 heavy (non-hydrogen) atoms. The van der Waals surface area contributed by atoms with Gasteiger partial charge in [-0.1, -0.05) is 12.1 Å². The van der Waals surface area contributed by atoms with E-state index in [9.17, 15) is 14.0 Å². The minimum Gasteiger partial charge on any atom is -0.478 e. The molecule has 0 heterocycles. The lowest BCUT2D eigenvalue weighted by Gasteiger charge is -2.07. The second-order valence-corrected chi connectivity index (χ2v) is 4.19. The summed E-state index contributed by atoms with van der Waals surface area (Å²) >= 11 is 0. The number of nitrogens with one attached hydrogen (secondary N) is 1. The zero-order chi connectivity index (χ0) is 14.4. The summed E-state index contributed by atoms with van der Waals surface area (Å²) < 4.78 is 12.7. The zero-order valence-corrected chi connectivity index (χ0v) is 10.9. The summed E-state index contributed by atoms with van der Waals surface area (Å²) in [4.78, 5) is 22.3. The summed E-state index contributed by atoms with van der Waals surface area (Å²) in [6, 6.07) is 6.01. The van der Waals surface area contributed by atoms with Crippen LogP contribution < -0.4 is 5.32 Å². The molecule has 0 saturated carbocycles. The van der Waals surface area contributed by atoms with Gasteiger partial charge in [-0.3, -0.25) is 4.79 Å². The fraction of sp³-hybridized carbons (Fsp3) is 0.286. The van der Waals surface area contributed by atoms with E-state index in [1.54, 1.807) is 12.1 Å². The Morgan fingerprint density at radius 3 is 2.26 bits per heavy atom. The van der Waals surface area contributed by atoms with Crippen LogP contribution in [0.5, 0.6) is 0 Å². The third-order valence-corrected chi connectivity index (χ3v) is 2.84. The van der Waals surface area contributed by atoms with E-state index in [2.05, 4.69) is 5.32 Å². The molecule has 0 aliphatic heterocycles. The van der Waals surface area contributed by atoms with Crippen molar-refractivity contribution in [3.63, 3.8) is 0 Å². The van der Waals surface area contributed by atoms with Gasteiger partial charge in [-0.15, -0.1) is 0 Å². The largest absolute Gasteiger partial charge is 0.478 e. The number of rotatable bonds is 5. The average molecular weight is 265 g/mol. The lowest BCUT2D eigenvalue weighted by molar-refractivity contribution is -0.133. The van der Waals surface area contributed by atoms with Gasteiger partial charge in [-0.05, 0) is 38.0 Å². The average Bonchev–Trinajstić information content (AvgIpc) is 2.39. The quantitative estimate of drug-likeness (QED) is 0.799. The van der Waals surface area contributed by atoms with Crippen LogP contribution in [0.3, 0.4) is 0 Å². The normalized spacial score (nSPS) is 11.7. The van der Waals surface area contributed by atoms with Gasteiger partial charge in [0.2, 0.25) is 5.91 Å². The highest BCUT2D eigenvalue weighted by atomic mass is 19.1. The Bertz CT molecular complexity index is 506. The van der Waals surface area contributed by atoms with Crippen molar-refractivity contribution in [3.05, 3.63) is 46.8 Å². The minimum atomic E-state index is -1.11. The van der Waals surface area contributed by atoms with Crippen LogP contribution in [0.4, 0.5) is 4.39 Å². The van der Waals surface area contributed by atoms with Crippen LogP contribution in [0, 0.1) is 5.82 Å². The van der Waals surface area contributed by atoms with Crippen molar-refractivity contribution in [2.24, 2.45) is 0 Å². The molecule has 0 saturated heterocycles. The lowest BCUT2D eigenvalue weighted by Crippen LogP contribution is -2.27. The molecular formula is C14H16FNO3. The van der Waals surface area contributed by atoms with Crippen LogP contribution in [0.25, 0.3) is 0 Å². The second kappa shape index (κ2) is 6.68. The minimum absolute atomic E-state index is 0.0271. The summed E-state index contributed by atoms with van der Waals surface area (Å²) in [6.45, 7) is 3.22. The standard InChI is InChI=1S/C14H16FNO3/c1-9(10(2)14(18)19)13(17)16-8-7-11-3-5-12(15)6-4-11/h3-6H,7-8H2,1-2H3,(H,16,17)(H,18,19)/b10-9-. The number of carboxylic acid groups (broad SMARTS) is 1. The van der Waals surface area contributed by atoms with E-state index in [4.69, 9.17) is 5.11 Å². The summed E-state index contributed by atoms with van der Waals surface area (Å²) in [5.41, 5.74) is 1.11. The first kappa shape index (κ1) is 14.9. The van der Waals surface area contributed by atoms with Crippen molar-refractivity contribution in [3.8, 4) is 0 Å². The molecule has 0 radical (unpaired) electrons. The van der Waals surface area contributed by atoms with E-state index < -0.39 is 11.9 Å².